The van der Waals surface area contributed by atoms with Gasteiger partial charge in [-0.25, -0.2) is 17.7 Å². The molecule has 0 aliphatic carbocycles. The lowest BCUT2D eigenvalue weighted by Crippen LogP contribution is -2.36. The summed E-state index contributed by atoms with van der Waals surface area (Å²) in [6.07, 6.45) is 1.70. The Morgan fingerprint density at radius 3 is 2.31 bits per heavy atom. The van der Waals surface area contributed by atoms with Gasteiger partial charge in [-0.3, -0.25) is 9.69 Å². The van der Waals surface area contributed by atoms with Gasteiger partial charge in [-0.15, -0.1) is 12.4 Å². The summed E-state index contributed by atoms with van der Waals surface area (Å²) < 4.78 is 27.9. The zero-order chi connectivity index (χ0) is 25.0. The Hall–Kier alpha value is -1.75. The topological polar surface area (TPSA) is 73.8 Å². The predicted molar refractivity (Wildman–Crippen MR) is 148 cm³/mol. The number of aryl methyl sites for hydroxylation is 1. The van der Waals surface area contributed by atoms with Gasteiger partial charge < -0.3 is 4.90 Å². The number of amides is 1. The predicted octanol–water partition coefficient (Wildman–Crippen LogP) is 5.31. The molecule has 11 heteroatoms. The molecule has 1 amide bonds. The van der Waals surface area contributed by atoms with E-state index < -0.39 is 10.0 Å². The number of aromatic nitrogens is 1. The fraction of sp³-hybridized carbons (Fsp3) is 0.417. The van der Waals surface area contributed by atoms with Crippen molar-refractivity contribution in [3.05, 3.63) is 52.5 Å². The van der Waals surface area contributed by atoms with Crippen molar-refractivity contribution in [1.82, 2.24) is 14.2 Å². The van der Waals surface area contributed by atoms with Gasteiger partial charge in [0, 0.05) is 37.3 Å². The van der Waals surface area contributed by atoms with E-state index in [-0.39, 0.29) is 23.2 Å². The molecule has 0 fully saturated rings. The molecule has 0 atom stereocenters. The first-order valence-electron chi connectivity index (χ1n) is 11.1. The highest BCUT2D eigenvalue weighted by Gasteiger charge is 2.24. The third-order valence-electron chi connectivity index (χ3n) is 5.52. The molecular formula is C24H32Cl2N4O3S2. The Morgan fingerprint density at radius 1 is 1.06 bits per heavy atom. The van der Waals surface area contributed by atoms with Gasteiger partial charge >= 0.3 is 0 Å². The van der Waals surface area contributed by atoms with Crippen molar-refractivity contribution in [1.29, 1.82) is 0 Å². The SMILES string of the molecule is CCCCN(C)S(=O)(=O)c1ccc(C(=O)N(CCN(C)C)c2nc3c(C)cc(Cl)cc3s2)cc1.Cl. The lowest BCUT2D eigenvalue weighted by atomic mass is 10.2. The second-order valence-corrected chi connectivity index (χ2v) is 12.0. The maximum atomic E-state index is 13.5. The summed E-state index contributed by atoms with van der Waals surface area (Å²) in [6.45, 7) is 5.51. The fourth-order valence-electron chi connectivity index (χ4n) is 3.45. The van der Waals surface area contributed by atoms with E-state index in [1.54, 1.807) is 24.1 Å². The molecule has 3 rings (SSSR count). The Kier molecular flexibility index (Phi) is 10.5. The zero-order valence-electron chi connectivity index (χ0n) is 20.6. The highest BCUT2D eigenvalue weighted by molar-refractivity contribution is 7.89. The summed E-state index contributed by atoms with van der Waals surface area (Å²) in [7, 11) is 1.87. The summed E-state index contributed by atoms with van der Waals surface area (Å²) in [5, 5.41) is 1.22. The van der Waals surface area contributed by atoms with E-state index in [1.165, 1.54) is 27.8 Å². The van der Waals surface area contributed by atoms with Crippen LogP contribution in [0, 0.1) is 6.92 Å². The summed E-state index contributed by atoms with van der Waals surface area (Å²) in [4.78, 5) is 22.1. The van der Waals surface area contributed by atoms with Gasteiger partial charge in [-0.1, -0.05) is 36.3 Å². The number of sulfonamides is 1. The molecular weight excluding hydrogens is 527 g/mol. The second kappa shape index (κ2) is 12.5. The molecule has 3 aromatic rings. The highest BCUT2D eigenvalue weighted by Crippen LogP contribution is 2.33. The van der Waals surface area contributed by atoms with Crippen LogP contribution >= 0.6 is 35.3 Å². The van der Waals surface area contributed by atoms with Crippen molar-refractivity contribution in [3.8, 4) is 0 Å². The second-order valence-electron chi connectivity index (χ2n) is 8.53. The quantitative estimate of drug-likeness (QED) is 0.337. The van der Waals surface area contributed by atoms with Crippen molar-refractivity contribution in [3.63, 3.8) is 0 Å². The normalized spacial score (nSPS) is 11.8. The largest absolute Gasteiger partial charge is 0.308 e. The maximum Gasteiger partial charge on any atom is 0.260 e. The number of nitrogens with zero attached hydrogens (tertiary/aromatic N) is 4. The number of likely N-dealkylation sites (N-methyl/N-ethyl adjacent to an activating group) is 1. The summed E-state index contributed by atoms with van der Waals surface area (Å²) >= 11 is 7.63. The van der Waals surface area contributed by atoms with E-state index in [0.29, 0.717) is 35.4 Å². The average molecular weight is 560 g/mol. The van der Waals surface area contributed by atoms with E-state index in [4.69, 9.17) is 16.6 Å². The van der Waals surface area contributed by atoms with Crippen LogP contribution in [-0.4, -0.2) is 69.3 Å². The number of hydrogen-bond acceptors (Lipinski definition) is 6. The molecule has 2 aromatic carbocycles. The molecule has 0 N–H and O–H groups in total. The van der Waals surface area contributed by atoms with Gasteiger partial charge in [0.2, 0.25) is 10.0 Å². The molecule has 1 heterocycles. The van der Waals surface area contributed by atoms with Gasteiger partial charge in [-0.05, 0) is 69.4 Å². The summed E-state index contributed by atoms with van der Waals surface area (Å²) in [6, 6.07) is 9.85. The number of rotatable bonds is 10. The number of benzene rings is 2. The van der Waals surface area contributed by atoms with Gasteiger partial charge in [0.1, 0.15) is 0 Å². The number of halogens is 2. The maximum absolute atomic E-state index is 13.5. The molecule has 0 aliphatic heterocycles. The molecule has 0 bridgehead atoms. The van der Waals surface area contributed by atoms with Crippen molar-refractivity contribution < 1.29 is 13.2 Å². The Balaban J connectivity index is 0.00000432. The first-order chi connectivity index (χ1) is 16.0. The monoisotopic (exact) mass is 558 g/mol. The van der Waals surface area contributed by atoms with Crippen molar-refractivity contribution in [2.75, 3.05) is 45.7 Å². The van der Waals surface area contributed by atoms with Crippen LogP contribution in [0.2, 0.25) is 5.02 Å². The van der Waals surface area contributed by atoms with Crippen LogP contribution in [0.15, 0.2) is 41.3 Å². The van der Waals surface area contributed by atoms with Crippen LogP contribution in [0.25, 0.3) is 10.2 Å². The Labute approximate surface area is 223 Å². The minimum Gasteiger partial charge on any atom is -0.308 e. The molecule has 0 radical (unpaired) electrons. The lowest BCUT2D eigenvalue weighted by Gasteiger charge is -2.22. The van der Waals surface area contributed by atoms with Crippen LogP contribution in [-0.2, 0) is 10.0 Å². The van der Waals surface area contributed by atoms with Crippen molar-refractivity contribution >= 4 is 66.6 Å². The van der Waals surface area contributed by atoms with E-state index in [0.717, 1.165) is 28.6 Å². The van der Waals surface area contributed by atoms with Gasteiger partial charge in [0.25, 0.3) is 5.91 Å². The van der Waals surface area contributed by atoms with Gasteiger partial charge in [-0.2, -0.15) is 0 Å². The van der Waals surface area contributed by atoms with E-state index in [9.17, 15) is 13.2 Å². The molecule has 0 unspecified atom stereocenters. The van der Waals surface area contributed by atoms with Crippen molar-refractivity contribution in [2.24, 2.45) is 0 Å². The molecule has 0 spiro atoms. The first kappa shape index (κ1) is 29.5. The lowest BCUT2D eigenvalue weighted by molar-refractivity contribution is 0.0985. The highest BCUT2D eigenvalue weighted by atomic mass is 35.5. The first-order valence-corrected chi connectivity index (χ1v) is 13.8. The molecule has 0 saturated heterocycles. The third-order valence-corrected chi connectivity index (χ3v) is 8.64. The van der Waals surface area contributed by atoms with Gasteiger partial charge in [0.05, 0.1) is 15.1 Å². The van der Waals surface area contributed by atoms with Crippen LogP contribution in [0.5, 0.6) is 0 Å². The fourth-order valence-corrected chi connectivity index (χ4v) is 6.10. The van der Waals surface area contributed by atoms with E-state index in [1.807, 2.05) is 45.0 Å². The smallest absolute Gasteiger partial charge is 0.260 e. The van der Waals surface area contributed by atoms with Crippen LogP contribution < -0.4 is 4.90 Å². The standard InChI is InChI=1S/C24H31ClN4O3S2.ClH/c1-6-7-12-28(5)34(31,32)20-10-8-18(9-11-20)23(30)29(14-13-27(3)4)24-26-22-17(2)15-19(25)16-21(22)33-24;/h8-11,15-16H,6-7,12-14H2,1-5H3;1H. The number of hydrogen-bond donors (Lipinski definition) is 0. The van der Waals surface area contributed by atoms with Crippen LogP contribution in [0.1, 0.15) is 35.7 Å². The third kappa shape index (κ3) is 6.93. The summed E-state index contributed by atoms with van der Waals surface area (Å²) in [5.74, 6) is -0.229. The number of thiazole rings is 1. The van der Waals surface area contributed by atoms with Crippen LogP contribution in [0.3, 0.4) is 0 Å². The van der Waals surface area contributed by atoms with E-state index in [2.05, 4.69) is 0 Å². The number of fused-ring (bicyclic) bond motifs is 1. The number of unbranched alkanes of at least 4 members (excludes halogenated alkanes) is 1. The van der Waals surface area contributed by atoms with Crippen LogP contribution in [0.4, 0.5) is 5.13 Å². The number of anilines is 1. The van der Waals surface area contributed by atoms with Gasteiger partial charge in [0.15, 0.2) is 5.13 Å². The number of carbonyl (C=O) groups is 1. The Bertz CT molecular complexity index is 1260. The molecule has 192 valence electrons. The molecule has 0 aliphatic rings. The van der Waals surface area contributed by atoms with E-state index >= 15 is 0 Å². The summed E-state index contributed by atoms with van der Waals surface area (Å²) in [5.41, 5.74) is 2.18. The molecule has 35 heavy (non-hydrogen) atoms. The average Bonchev–Trinajstić information content (AvgIpc) is 3.21. The zero-order valence-corrected chi connectivity index (χ0v) is 23.8. The molecule has 0 saturated carbocycles. The minimum atomic E-state index is -3.59. The van der Waals surface area contributed by atoms with Crippen molar-refractivity contribution in [2.45, 2.75) is 31.6 Å². The molecule has 1 aromatic heterocycles. The number of carbonyl (C=O) groups excluding carboxylic acids is 1. The minimum absolute atomic E-state index is 0. The molecule has 7 nitrogen and oxygen atoms in total. The Morgan fingerprint density at radius 2 is 1.71 bits per heavy atom.